The van der Waals surface area contributed by atoms with Crippen LogP contribution in [0.25, 0.3) is 10.9 Å². The Labute approximate surface area is 127 Å². The van der Waals surface area contributed by atoms with Gasteiger partial charge in [0, 0.05) is 11.5 Å². The number of benzene rings is 1. The highest BCUT2D eigenvalue weighted by Gasteiger charge is 2.17. The highest BCUT2D eigenvalue weighted by molar-refractivity contribution is 5.93. The number of aromatic nitrogens is 1. The van der Waals surface area contributed by atoms with E-state index in [4.69, 9.17) is 9.84 Å². The van der Waals surface area contributed by atoms with Gasteiger partial charge in [0.25, 0.3) is 0 Å². The second-order valence-electron chi connectivity index (χ2n) is 5.79. The number of halogens is 1. The SMILES string of the molecule is O=C(O)c1cc(OCC2CCCCC2)c2cc(F)ccc2n1. The molecule has 1 aliphatic carbocycles. The monoisotopic (exact) mass is 303 g/mol. The van der Waals surface area contributed by atoms with Gasteiger partial charge in [-0.3, -0.25) is 0 Å². The average molecular weight is 303 g/mol. The lowest BCUT2D eigenvalue weighted by atomic mass is 9.90. The van der Waals surface area contributed by atoms with Crippen molar-refractivity contribution in [3.05, 3.63) is 35.8 Å². The number of nitrogens with zero attached hydrogens (tertiary/aromatic N) is 1. The fourth-order valence-corrected chi connectivity index (χ4v) is 2.96. The van der Waals surface area contributed by atoms with E-state index in [0.717, 1.165) is 12.8 Å². The molecule has 0 saturated heterocycles. The first-order valence-electron chi connectivity index (χ1n) is 7.60. The van der Waals surface area contributed by atoms with E-state index in [1.54, 1.807) is 0 Å². The number of hydrogen-bond acceptors (Lipinski definition) is 3. The van der Waals surface area contributed by atoms with E-state index in [0.29, 0.717) is 29.2 Å². The molecule has 0 radical (unpaired) electrons. The Morgan fingerprint density at radius 1 is 1.27 bits per heavy atom. The van der Waals surface area contributed by atoms with Crippen LogP contribution in [0, 0.1) is 11.7 Å². The molecule has 1 heterocycles. The van der Waals surface area contributed by atoms with Gasteiger partial charge in [-0.15, -0.1) is 0 Å². The lowest BCUT2D eigenvalue weighted by Gasteiger charge is -2.22. The molecule has 1 saturated carbocycles. The number of aromatic carboxylic acids is 1. The third-order valence-corrected chi connectivity index (χ3v) is 4.15. The second kappa shape index (κ2) is 6.30. The highest BCUT2D eigenvalue weighted by atomic mass is 19.1. The lowest BCUT2D eigenvalue weighted by Crippen LogP contribution is -2.15. The molecule has 0 amide bonds. The Bertz CT molecular complexity index is 696. The zero-order chi connectivity index (χ0) is 15.5. The molecule has 116 valence electrons. The van der Waals surface area contributed by atoms with Crippen LogP contribution in [0.4, 0.5) is 4.39 Å². The molecule has 1 fully saturated rings. The van der Waals surface area contributed by atoms with E-state index in [2.05, 4.69) is 4.98 Å². The first-order valence-corrected chi connectivity index (χ1v) is 7.60. The molecule has 1 aromatic carbocycles. The summed E-state index contributed by atoms with van der Waals surface area (Å²) in [4.78, 5) is 15.2. The van der Waals surface area contributed by atoms with Gasteiger partial charge in [0.15, 0.2) is 5.69 Å². The third-order valence-electron chi connectivity index (χ3n) is 4.15. The molecule has 0 spiro atoms. The summed E-state index contributed by atoms with van der Waals surface area (Å²) in [6, 6.07) is 5.47. The summed E-state index contributed by atoms with van der Waals surface area (Å²) >= 11 is 0. The van der Waals surface area contributed by atoms with Gasteiger partial charge in [0.1, 0.15) is 11.6 Å². The number of ether oxygens (including phenoxy) is 1. The van der Waals surface area contributed by atoms with Crippen molar-refractivity contribution in [2.24, 2.45) is 5.92 Å². The Morgan fingerprint density at radius 2 is 2.05 bits per heavy atom. The minimum absolute atomic E-state index is 0.0854. The molecule has 22 heavy (non-hydrogen) atoms. The molecule has 4 nitrogen and oxygen atoms in total. The predicted octanol–water partition coefficient (Wildman–Crippen LogP) is 4.03. The van der Waals surface area contributed by atoms with Crippen molar-refractivity contribution in [1.82, 2.24) is 4.98 Å². The van der Waals surface area contributed by atoms with E-state index in [1.807, 2.05) is 0 Å². The molecule has 5 heteroatoms. The number of pyridine rings is 1. The van der Waals surface area contributed by atoms with Crippen LogP contribution in [0.15, 0.2) is 24.3 Å². The number of hydrogen-bond donors (Lipinski definition) is 1. The van der Waals surface area contributed by atoms with E-state index in [-0.39, 0.29) is 11.5 Å². The molecule has 1 N–H and O–H groups in total. The van der Waals surface area contributed by atoms with Crippen molar-refractivity contribution < 1.29 is 19.0 Å². The van der Waals surface area contributed by atoms with Crippen molar-refractivity contribution >= 4 is 16.9 Å². The third kappa shape index (κ3) is 3.18. The molecule has 0 aliphatic heterocycles. The normalized spacial score (nSPS) is 15.9. The van der Waals surface area contributed by atoms with Crippen LogP contribution < -0.4 is 4.74 Å². The summed E-state index contributed by atoms with van der Waals surface area (Å²) < 4.78 is 19.3. The zero-order valence-corrected chi connectivity index (χ0v) is 12.2. The van der Waals surface area contributed by atoms with E-state index >= 15 is 0 Å². The standard InChI is InChI=1S/C17H18FNO3/c18-12-6-7-14-13(8-12)16(9-15(19-14)17(20)21)22-10-11-4-2-1-3-5-11/h6-9,11H,1-5,10H2,(H,20,21). The van der Waals surface area contributed by atoms with Crippen molar-refractivity contribution in [1.29, 1.82) is 0 Å². The summed E-state index contributed by atoms with van der Waals surface area (Å²) in [5.74, 6) is -0.625. The van der Waals surface area contributed by atoms with Gasteiger partial charge in [0.2, 0.25) is 0 Å². The first-order chi connectivity index (χ1) is 10.6. The maximum atomic E-state index is 13.5. The Kier molecular flexibility index (Phi) is 4.22. The molecule has 2 aromatic rings. The van der Waals surface area contributed by atoms with Gasteiger partial charge in [0.05, 0.1) is 12.1 Å². The molecule has 3 rings (SSSR count). The van der Waals surface area contributed by atoms with Gasteiger partial charge >= 0.3 is 5.97 Å². The first kappa shape index (κ1) is 14.8. The number of fused-ring (bicyclic) bond motifs is 1. The van der Waals surface area contributed by atoms with Crippen LogP contribution in [-0.4, -0.2) is 22.7 Å². The largest absolute Gasteiger partial charge is 0.493 e. The summed E-state index contributed by atoms with van der Waals surface area (Å²) in [6.45, 7) is 0.536. The van der Waals surface area contributed by atoms with Gasteiger partial charge < -0.3 is 9.84 Å². The van der Waals surface area contributed by atoms with Crippen LogP contribution in [0.2, 0.25) is 0 Å². The van der Waals surface area contributed by atoms with Crippen LogP contribution in [0.3, 0.4) is 0 Å². The van der Waals surface area contributed by atoms with E-state index in [9.17, 15) is 9.18 Å². The van der Waals surface area contributed by atoms with Crippen molar-refractivity contribution in [3.8, 4) is 5.75 Å². The topological polar surface area (TPSA) is 59.4 Å². The Hall–Kier alpha value is -2.17. The van der Waals surface area contributed by atoms with Crippen molar-refractivity contribution in [2.75, 3.05) is 6.61 Å². The van der Waals surface area contributed by atoms with Crippen LogP contribution >= 0.6 is 0 Å². The summed E-state index contributed by atoms with van der Waals surface area (Å²) in [6.07, 6.45) is 5.94. The Morgan fingerprint density at radius 3 is 2.77 bits per heavy atom. The van der Waals surface area contributed by atoms with Gasteiger partial charge in [-0.1, -0.05) is 19.3 Å². The van der Waals surface area contributed by atoms with Crippen molar-refractivity contribution in [3.63, 3.8) is 0 Å². The number of rotatable bonds is 4. The quantitative estimate of drug-likeness (QED) is 0.926. The molecule has 0 atom stereocenters. The number of carbonyl (C=O) groups is 1. The fourth-order valence-electron chi connectivity index (χ4n) is 2.96. The minimum Gasteiger partial charge on any atom is -0.493 e. The minimum atomic E-state index is -1.12. The lowest BCUT2D eigenvalue weighted by molar-refractivity contribution is 0.0690. The summed E-state index contributed by atoms with van der Waals surface area (Å²) in [5.41, 5.74) is 0.345. The van der Waals surface area contributed by atoms with Crippen LogP contribution in [0.5, 0.6) is 5.75 Å². The predicted molar refractivity (Wildman–Crippen MR) is 80.7 cm³/mol. The molecular weight excluding hydrogens is 285 g/mol. The number of carboxylic acid groups (broad SMARTS) is 1. The highest BCUT2D eigenvalue weighted by Crippen LogP contribution is 2.29. The van der Waals surface area contributed by atoms with Crippen LogP contribution in [0.1, 0.15) is 42.6 Å². The zero-order valence-electron chi connectivity index (χ0n) is 12.2. The smallest absolute Gasteiger partial charge is 0.354 e. The van der Waals surface area contributed by atoms with Gasteiger partial charge in [-0.05, 0) is 37.0 Å². The molecule has 1 aromatic heterocycles. The molecule has 1 aliphatic rings. The van der Waals surface area contributed by atoms with E-state index < -0.39 is 5.97 Å². The maximum absolute atomic E-state index is 13.5. The molecule has 0 bridgehead atoms. The Balaban J connectivity index is 1.91. The molecular formula is C17H18FNO3. The second-order valence-corrected chi connectivity index (χ2v) is 5.79. The fraction of sp³-hybridized carbons (Fsp3) is 0.412. The average Bonchev–Trinajstić information content (AvgIpc) is 2.53. The maximum Gasteiger partial charge on any atom is 0.354 e. The van der Waals surface area contributed by atoms with E-state index in [1.165, 1.54) is 43.5 Å². The van der Waals surface area contributed by atoms with Crippen molar-refractivity contribution in [2.45, 2.75) is 32.1 Å². The summed E-state index contributed by atoms with van der Waals surface area (Å²) in [7, 11) is 0. The van der Waals surface area contributed by atoms with Crippen LogP contribution in [-0.2, 0) is 0 Å². The molecule has 0 unspecified atom stereocenters. The number of carboxylic acids is 1. The van der Waals surface area contributed by atoms with Gasteiger partial charge in [-0.2, -0.15) is 0 Å². The van der Waals surface area contributed by atoms with Gasteiger partial charge in [-0.25, -0.2) is 14.2 Å². The summed E-state index contributed by atoms with van der Waals surface area (Å²) in [5, 5.41) is 9.66.